The number of carbonyl (C=O) groups excluding carboxylic acids is 6. The number of imide groups is 1. The number of anilines is 1. The number of piperidine rings is 2. The zero-order valence-corrected chi connectivity index (χ0v) is 43.2. The van der Waals surface area contributed by atoms with Crippen molar-refractivity contribution in [1.29, 1.82) is 0 Å². The van der Waals surface area contributed by atoms with Crippen molar-refractivity contribution in [3.8, 4) is 22.6 Å². The minimum Gasteiger partial charge on any atom is -0.495 e. The molecule has 5 fully saturated rings. The van der Waals surface area contributed by atoms with E-state index >= 15 is 4.39 Å². The Morgan fingerprint density at radius 2 is 1.56 bits per heavy atom. The van der Waals surface area contributed by atoms with Gasteiger partial charge in [0.25, 0.3) is 5.91 Å². The molecule has 0 bridgehead atoms. The van der Waals surface area contributed by atoms with Crippen LogP contribution in [0.2, 0.25) is 5.02 Å². The van der Waals surface area contributed by atoms with E-state index in [0.717, 1.165) is 62.5 Å². The van der Waals surface area contributed by atoms with Crippen molar-refractivity contribution in [3.63, 3.8) is 0 Å². The maximum absolute atomic E-state index is 16.4. The third-order valence-corrected chi connectivity index (χ3v) is 16.1. The van der Waals surface area contributed by atoms with Gasteiger partial charge in [-0.1, -0.05) is 48.0 Å². The van der Waals surface area contributed by atoms with Gasteiger partial charge in [-0.05, 0) is 124 Å². The number of amides is 7. The number of hydrogen-bond donors (Lipinski definition) is 4. The maximum atomic E-state index is 16.4. The maximum Gasteiger partial charge on any atom is 0.328 e. The largest absolute Gasteiger partial charge is 0.495 e. The van der Waals surface area contributed by atoms with Gasteiger partial charge in [0.2, 0.25) is 23.6 Å². The molecule has 75 heavy (non-hydrogen) atoms. The van der Waals surface area contributed by atoms with E-state index in [4.69, 9.17) is 31.5 Å². The molecule has 5 N–H and O–H groups in total. The molecule has 2 unspecified atom stereocenters. The van der Waals surface area contributed by atoms with Crippen molar-refractivity contribution < 1.29 is 47.4 Å². The minimum atomic E-state index is -0.782. The molecule has 1 aliphatic carbocycles. The lowest BCUT2D eigenvalue weighted by Gasteiger charge is -2.37. The molecule has 18 heteroatoms. The molecule has 0 spiro atoms. The Bertz CT molecular complexity index is 2740. The lowest BCUT2D eigenvalue weighted by Crippen LogP contribution is -2.49. The molecule has 4 saturated heterocycles. The molecule has 4 heterocycles. The Balaban J connectivity index is 0.728. The number of nitrogens with two attached hydrogens (primary N) is 1. The van der Waals surface area contributed by atoms with Crippen molar-refractivity contribution in [2.24, 2.45) is 23.5 Å². The van der Waals surface area contributed by atoms with Crippen molar-refractivity contribution in [2.45, 2.75) is 88.7 Å². The first-order valence-electron chi connectivity index (χ1n) is 26.4. The van der Waals surface area contributed by atoms with Crippen LogP contribution in [0.4, 0.5) is 14.9 Å². The van der Waals surface area contributed by atoms with Gasteiger partial charge in [0.1, 0.15) is 12.4 Å². The first-order valence-corrected chi connectivity index (χ1v) is 26.8. The number of primary amides is 1. The van der Waals surface area contributed by atoms with E-state index < -0.39 is 17.8 Å². The van der Waals surface area contributed by atoms with Gasteiger partial charge in [0.05, 0.1) is 24.5 Å². The normalized spacial score (nSPS) is 21.1. The van der Waals surface area contributed by atoms with Gasteiger partial charge < -0.3 is 40.4 Å². The highest BCUT2D eigenvalue weighted by Crippen LogP contribution is 2.40. The minimum absolute atomic E-state index is 0.00203. The second-order valence-electron chi connectivity index (χ2n) is 20.5. The van der Waals surface area contributed by atoms with Gasteiger partial charge >= 0.3 is 6.03 Å². The fraction of sp³-hybridized carbons (Fsp3) is 0.474. The smallest absolute Gasteiger partial charge is 0.328 e. The summed E-state index contributed by atoms with van der Waals surface area (Å²) in [5, 5.41) is 9.60. The molecule has 2 atom stereocenters. The molecule has 0 aromatic heterocycles. The van der Waals surface area contributed by atoms with Crippen molar-refractivity contribution >= 4 is 52.9 Å². The predicted molar refractivity (Wildman–Crippen MR) is 281 cm³/mol. The number of ether oxygens (including phenoxy) is 3. The molecular weight excluding hydrogens is 981 g/mol. The second-order valence-corrected chi connectivity index (χ2v) is 20.9. The standard InChI is InChI=1S/C57H67ClFN7O9/c1-73-48-17-12-40(31-47(48)66-28-23-50(67)63-57(66)72)56(71)65-26-21-38(22-27-65)55(70)64-24-19-35(20-25-64)32-62-54(69)37-9-13-41(14-10-37)61-33-45(36-6-3-2-4-7-36)39-11-16-46(58)44(30-39)51-43(53(60)68)15-18-49(52(51)59)75-34-42-8-5-29-74-42/h2-4,6-7,11-12,15-18,30-31,35,37-38,41-42,45,61H,5,8-10,13-14,19-29,32-34H2,1H3,(H2,60,68)(H,62,69)(H,63,67,72). The Labute approximate surface area is 442 Å². The van der Waals surface area contributed by atoms with Crippen molar-refractivity contribution in [2.75, 3.05) is 71.0 Å². The number of halogens is 2. The summed E-state index contributed by atoms with van der Waals surface area (Å²) in [5.41, 5.74) is 8.87. The fourth-order valence-corrected chi connectivity index (χ4v) is 11.6. The third kappa shape index (κ3) is 12.6. The van der Waals surface area contributed by atoms with Crippen LogP contribution < -0.4 is 36.1 Å². The summed E-state index contributed by atoms with van der Waals surface area (Å²) in [6.07, 6.45) is 7.64. The van der Waals surface area contributed by atoms with E-state index in [-0.39, 0.29) is 101 Å². The van der Waals surface area contributed by atoms with Crippen LogP contribution >= 0.6 is 11.6 Å². The summed E-state index contributed by atoms with van der Waals surface area (Å²) in [5.74, 6) is -1.57. The van der Waals surface area contributed by atoms with Crippen LogP contribution in [0.15, 0.2) is 78.9 Å². The van der Waals surface area contributed by atoms with Gasteiger partial charge in [0.15, 0.2) is 11.6 Å². The van der Waals surface area contributed by atoms with E-state index in [1.807, 2.05) is 35.2 Å². The number of likely N-dealkylation sites (tertiary alicyclic amines) is 2. The zero-order chi connectivity index (χ0) is 52.6. The number of rotatable bonds is 17. The number of benzene rings is 4. The lowest BCUT2D eigenvalue weighted by atomic mass is 9.84. The highest BCUT2D eigenvalue weighted by Gasteiger charge is 2.35. The third-order valence-electron chi connectivity index (χ3n) is 15.8. The predicted octanol–water partition coefficient (Wildman–Crippen LogP) is 7.45. The van der Waals surface area contributed by atoms with E-state index in [1.54, 1.807) is 29.2 Å². The molecule has 4 aromatic carbocycles. The second kappa shape index (κ2) is 24.4. The molecule has 4 aliphatic heterocycles. The molecule has 1 saturated carbocycles. The topological polar surface area (TPSA) is 202 Å². The Hall–Kier alpha value is -6.56. The average Bonchev–Trinajstić information content (AvgIpc) is 3.96. The zero-order valence-electron chi connectivity index (χ0n) is 42.5. The quantitative estimate of drug-likeness (QED) is 0.0824. The summed E-state index contributed by atoms with van der Waals surface area (Å²) in [6, 6.07) is 23.0. The number of urea groups is 1. The Kier molecular flexibility index (Phi) is 17.3. The number of carbonyl (C=O) groups is 6. The summed E-state index contributed by atoms with van der Waals surface area (Å²) in [6.45, 7) is 4.28. The summed E-state index contributed by atoms with van der Waals surface area (Å²) >= 11 is 6.80. The average molecular weight is 1050 g/mol. The summed E-state index contributed by atoms with van der Waals surface area (Å²) in [7, 11) is 1.48. The number of nitrogens with zero attached hydrogens (tertiary/aromatic N) is 3. The highest BCUT2D eigenvalue weighted by molar-refractivity contribution is 6.33. The monoisotopic (exact) mass is 1050 g/mol. The number of hydrogen-bond acceptors (Lipinski definition) is 10. The van der Waals surface area contributed by atoms with Crippen LogP contribution in [0.1, 0.15) is 108 Å². The van der Waals surface area contributed by atoms with Crippen molar-refractivity contribution in [3.05, 3.63) is 112 Å². The van der Waals surface area contributed by atoms with Gasteiger partial charge in [-0.15, -0.1) is 0 Å². The number of methoxy groups -OCH3 is 1. The highest BCUT2D eigenvalue weighted by atomic mass is 35.5. The molecule has 398 valence electrons. The Morgan fingerprint density at radius 1 is 0.827 bits per heavy atom. The molecule has 4 aromatic rings. The van der Waals surface area contributed by atoms with E-state index in [2.05, 4.69) is 28.1 Å². The van der Waals surface area contributed by atoms with Crippen LogP contribution in [-0.2, 0) is 19.1 Å². The molecule has 7 amide bonds. The van der Waals surface area contributed by atoms with E-state index in [1.165, 1.54) is 24.1 Å². The lowest BCUT2D eigenvalue weighted by molar-refractivity contribution is -0.138. The first-order chi connectivity index (χ1) is 36.3. The van der Waals surface area contributed by atoms with Crippen LogP contribution in [0.25, 0.3) is 11.1 Å². The van der Waals surface area contributed by atoms with Gasteiger partial charge in [-0.2, -0.15) is 0 Å². The van der Waals surface area contributed by atoms with Crippen LogP contribution in [-0.4, -0.2) is 124 Å². The van der Waals surface area contributed by atoms with Crippen LogP contribution in [0.3, 0.4) is 0 Å². The molecule has 0 radical (unpaired) electrons. The molecular formula is C57H67ClFN7O9. The Morgan fingerprint density at radius 3 is 2.25 bits per heavy atom. The number of nitrogens with one attached hydrogen (secondary N) is 3. The van der Waals surface area contributed by atoms with Crippen LogP contribution in [0.5, 0.6) is 11.5 Å². The van der Waals surface area contributed by atoms with Crippen molar-refractivity contribution in [1.82, 2.24) is 25.8 Å². The van der Waals surface area contributed by atoms with Crippen LogP contribution in [0, 0.1) is 23.6 Å². The fourth-order valence-electron chi connectivity index (χ4n) is 11.3. The molecule has 9 rings (SSSR count). The van der Waals surface area contributed by atoms with Gasteiger partial charge in [-0.3, -0.25) is 34.2 Å². The molecule has 16 nitrogen and oxygen atoms in total. The first kappa shape index (κ1) is 53.3. The van der Waals surface area contributed by atoms with Gasteiger partial charge in [-0.25, -0.2) is 9.18 Å². The van der Waals surface area contributed by atoms with Gasteiger partial charge in [0, 0.05) is 104 Å². The van der Waals surface area contributed by atoms with E-state index in [0.29, 0.717) is 81.3 Å². The SMILES string of the molecule is COc1ccc(C(=O)N2CCC(C(=O)N3CCC(CNC(=O)C4CCC(NCC(c5ccccc5)c5ccc(Cl)c(-c6c(C(N)=O)ccc(OCC7CCCO7)c6F)c5)CC4)CC3)CC2)cc1N1CCC(=O)NC1=O. The van der Waals surface area contributed by atoms with E-state index in [9.17, 15) is 28.8 Å². The molecule has 5 aliphatic rings. The summed E-state index contributed by atoms with van der Waals surface area (Å²) in [4.78, 5) is 82.9. The summed E-state index contributed by atoms with van der Waals surface area (Å²) < 4.78 is 33.4.